The molecule has 0 saturated heterocycles. The molecule has 0 saturated carbocycles. The van der Waals surface area contributed by atoms with Crippen LogP contribution in [0, 0.1) is 0 Å². The van der Waals surface area contributed by atoms with Crippen molar-refractivity contribution in [2.45, 2.75) is 123 Å². The smallest absolute Gasteiger partial charge is 0.306 e. The Balaban J connectivity index is 4.65. The van der Waals surface area contributed by atoms with Gasteiger partial charge >= 0.3 is 11.9 Å². The van der Waals surface area contributed by atoms with Crippen LogP contribution in [0.4, 0.5) is 0 Å². The molecule has 0 aromatic rings. The first-order valence-corrected chi connectivity index (χ1v) is 19.5. The highest BCUT2D eigenvalue weighted by molar-refractivity contribution is 7.45. The average molecular weight is 696 g/mol. The molecule has 2 atom stereocenters. The number of quaternary nitrogens is 1. The van der Waals surface area contributed by atoms with Gasteiger partial charge in [0.15, 0.2) is 6.10 Å². The number of unbranched alkanes of at least 4 members (excludes halogenated alkanes) is 7. The number of phosphoric ester groups is 1. The summed E-state index contributed by atoms with van der Waals surface area (Å²) in [6.07, 6.45) is 34.3. The van der Waals surface area contributed by atoms with Gasteiger partial charge in [-0.3, -0.25) is 14.2 Å². The topological polar surface area (TPSA) is 111 Å². The Bertz CT molecular complexity index is 1010. The van der Waals surface area contributed by atoms with Crippen LogP contribution >= 0.6 is 7.82 Å². The SMILES string of the molecule is CC/C=C/C/C=C/C/C=C/CCCC(=O)OCC(COP(=O)([O-])OCC[N+](C)(C)C)OC(=O)CC/C=C/C/C=C/CCCCCCCC. The van der Waals surface area contributed by atoms with Crippen molar-refractivity contribution in [2.24, 2.45) is 0 Å². The van der Waals surface area contributed by atoms with E-state index in [0.29, 0.717) is 23.9 Å². The minimum atomic E-state index is -4.64. The van der Waals surface area contributed by atoms with E-state index in [0.717, 1.165) is 38.5 Å². The summed E-state index contributed by atoms with van der Waals surface area (Å²) in [5.74, 6) is -0.987. The summed E-state index contributed by atoms with van der Waals surface area (Å²) < 4.78 is 33.5. The Kier molecular flexibility index (Phi) is 29.3. The van der Waals surface area contributed by atoms with Crippen molar-refractivity contribution in [3.63, 3.8) is 0 Å². The molecule has 0 fully saturated rings. The molecule has 276 valence electrons. The summed E-state index contributed by atoms with van der Waals surface area (Å²) >= 11 is 0. The third kappa shape index (κ3) is 33.6. The quantitative estimate of drug-likeness (QED) is 0.0233. The predicted octanol–water partition coefficient (Wildman–Crippen LogP) is 8.71. The molecule has 0 bridgehead atoms. The molecule has 0 aromatic carbocycles. The fourth-order valence-corrected chi connectivity index (χ4v) is 4.93. The zero-order chi connectivity index (χ0) is 35.8. The Morgan fingerprint density at radius 3 is 1.85 bits per heavy atom. The highest BCUT2D eigenvalue weighted by atomic mass is 31.2. The van der Waals surface area contributed by atoms with Crippen molar-refractivity contribution in [2.75, 3.05) is 47.5 Å². The van der Waals surface area contributed by atoms with Gasteiger partial charge < -0.3 is 27.9 Å². The van der Waals surface area contributed by atoms with Gasteiger partial charge in [-0.15, -0.1) is 0 Å². The molecule has 0 aromatic heterocycles. The fourth-order valence-electron chi connectivity index (χ4n) is 4.20. The van der Waals surface area contributed by atoms with Gasteiger partial charge in [0.05, 0.1) is 27.7 Å². The number of phosphoric acid groups is 1. The van der Waals surface area contributed by atoms with Crippen LogP contribution in [0.2, 0.25) is 0 Å². The fraction of sp³-hybridized carbons (Fsp3) is 0.684. The predicted molar refractivity (Wildman–Crippen MR) is 194 cm³/mol. The molecule has 0 spiro atoms. The van der Waals surface area contributed by atoms with Crippen molar-refractivity contribution >= 4 is 19.8 Å². The molecular formula is C38H66NO8P. The Morgan fingerprint density at radius 2 is 1.23 bits per heavy atom. The summed E-state index contributed by atoms with van der Waals surface area (Å²) in [6.45, 7) is 3.92. The number of likely N-dealkylation sites (N-methyl/N-ethyl adjacent to an activating group) is 1. The summed E-state index contributed by atoms with van der Waals surface area (Å²) in [7, 11) is 1.09. The van der Waals surface area contributed by atoms with Gasteiger partial charge in [-0.05, 0) is 57.8 Å². The number of hydrogen-bond donors (Lipinski definition) is 0. The number of rotatable bonds is 31. The normalized spacial score (nSPS) is 14.5. The zero-order valence-corrected chi connectivity index (χ0v) is 31.5. The molecule has 0 aliphatic carbocycles. The number of carbonyl (C=O) groups is 2. The van der Waals surface area contributed by atoms with Crippen molar-refractivity contribution < 1.29 is 42.1 Å². The number of esters is 2. The lowest BCUT2D eigenvalue weighted by molar-refractivity contribution is -0.870. The zero-order valence-electron chi connectivity index (χ0n) is 30.7. The van der Waals surface area contributed by atoms with Crippen LogP contribution < -0.4 is 4.89 Å². The van der Waals surface area contributed by atoms with Gasteiger partial charge in [-0.25, -0.2) is 0 Å². The van der Waals surface area contributed by atoms with Gasteiger partial charge in [-0.1, -0.05) is 107 Å². The molecule has 0 rings (SSSR count). The molecule has 48 heavy (non-hydrogen) atoms. The number of nitrogens with zero attached hydrogens (tertiary/aromatic N) is 1. The van der Waals surface area contributed by atoms with Gasteiger partial charge in [0.25, 0.3) is 7.82 Å². The molecule has 2 unspecified atom stereocenters. The van der Waals surface area contributed by atoms with Crippen molar-refractivity contribution in [1.82, 2.24) is 0 Å². The minimum Gasteiger partial charge on any atom is -0.756 e. The van der Waals surface area contributed by atoms with Crippen LogP contribution in [0.25, 0.3) is 0 Å². The maximum Gasteiger partial charge on any atom is 0.306 e. The Hall–Kier alpha value is -2.29. The van der Waals surface area contributed by atoms with E-state index in [-0.39, 0.29) is 26.1 Å². The molecule has 0 N–H and O–H groups in total. The van der Waals surface area contributed by atoms with Gasteiger partial charge in [0.2, 0.25) is 0 Å². The number of allylic oxidation sites excluding steroid dienone is 10. The van der Waals surface area contributed by atoms with E-state index >= 15 is 0 Å². The second kappa shape index (κ2) is 30.7. The number of ether oxygens (including phenoxy) is 2. The lowest BCUT2D eigenvalue weighted by Crippen LogP contribution is -2.37. The molecule has 0 radical (unpaired) electrons. The van der Waals surface area contributed by atoms with Crippen LogP contribution in [0.15, 0.2) is 60.8 Å². The van der Waals surface area contributed by atoms with Gasteiger partial charge in [0, 0.05) is 12.8 Å². The highest BCUT2D eigenvalue weighted by Crippen LogP contribution is 2.38. The molecule has 9 nitrogen and oxygen atoms in total. The van der Waals surface area contributed by atoms with E-state index in [1.165, 1.54) is 38.5 Å². The minimum absolute atomic E-state index is 0.0503. The van der Waals surface area contributed by atoms with Crippen LogP contribution in [-0.4, -0.2) is 70.0 Å². The largest absolute Gasteiger partial charge is 0.756 e. The second-order valence-electron chi connectivity index (χ2n) is 12.8. The first-order valence-electron chi connectivity index (χ1n) is 18.0. The van der Waals surface area contributed by atoms with E-state index in [1.54, 1.807) is 0 Å². The third-order valence-corrected chi connectivity index (χ3v) is 8.00. The van der Waals surface area contributed by atoms with E-state index in [2.05, 4.69) is 56.4 Å². The molecular weight excluding hydrogens is 629 g/mol. The Labute approximate surface area is 292 Å². The van der Waals surface area contributed by atoms with Crippen molar-refractivity contribution in [3.8, 4) is 0 Å². The standard InChI is InChI=1S/C38H66NO8P/c1-6-8-10-12-14-16-18-19-21-23-25-27-29-31-38(41)47-36(35-46-48(42,43)45-33-32-39(3,4)5)34-44-37(40)30-28-26-24-22-20-17-15-13-11-9-7-2/h9,11,15,17,19,21-22,24-25,27,36H,6-8,10,12-14,16,18,20,23,26,28-35H2,1-5H3/b11-9+,17-15+,21-19+,24-22+,27-25+. The third-order valence-electron chi connectivity index (χ3n) is 7.04. The maximum atomic E-state index is 12.5. The average Bonchev–Trinajstić information content (AvgIpc) is 3.02. The van der Waals surface area contributed by atoms with Gasteiger partial charge in [-0.2, -0.15) is 0 Å². The van der Waals surface area contributed by atoms with Gasteiger partial charge in [0.1, 0.15) is 19.8 Å². The first-order chi connectivity index (χ1) is 23.0. The Morgan fingerprint density at radius 1 is 0.667 bits per heavy atom. The summed E-state index contributed by atoms with van der Waals surface area (Å²) in [5, 5.41) is 0. The summed E-state index contributed by atoms with van der Waals surface area (Å²) in [6, 6.07) is 0. The lowest BCUT2D eigenvalue weighted by Gasteiger charge is -2.28. The summed E-state index contributed by atoms with van der Waals surface area (Å²) in [5.41, 5.74) is 0. The van der Waals surface area contributed by atoms with E-state index in [1.807, 2.05) is 39.4 Å². The summed E-state index contributed by atoms with van der Waals surface area (Å²) in [4.78, 5) is 37.1. The van der Waals surface area contributed by atoms with E-state index < -0.39 is 32.5 Å². The molecule has 0 amide bonds. The molecule has 0 aliphatic heterocycles. The van der Waals surface area contributed by atoms with Crippen LogP contribution in [0.5, 0.6) is 0 Å². The monoisotopic (exact) mass is 695 g/mol. The second-order valence-corrected chi connectivity index (χ2v) is 14.3. The lowest BCUT2D eigenvalue weighted by atomic mass is 10.1. The number of hydrogen-bond acceptors (Lipinski definition) is 8. The highest BCUT2D eigenvalue weighted by Gasteiger charge is 2.21. The van der Waals surface area contributed by atoms with Crippen molar-refractivity contribution in [3.05, 3.63) is 60.8 Å². The number of carbonyl (C=O) groups excluding carboxylic acids is 2. The van der Waals surface area contributed by atoms with Crippen LogP contribution in [0.1, 0.15) is 117 Å². The van der Waals surface area contributed by atoms with Crippen LogP contribution in [-0.2, 0) is 32.7 Å². The first kappa shape index (κ1) is 45.7. The van der Waals surface area contributed by atoms with E-state index in [9.17, 15) is 19.0 Å². The molecule has 10 heteroatoms. The van der Waals surface area contributed by atoms with Crippen molar-refractivity contribution in [1.29, 1.82) is 0 Å². The van der Waals surface area contributed by atoms with Crippen LogP contribution in [0.3, 0.4) is 0 Å². The molecule has 0 heterocycles. The maximum absolute atomic E-state index is 12.5. The molecule has 0 aliphatic rings. The van der Waals surface area contributed by atoms with E-state index in [4.69, 9.17) is 18.5 Å².